The van der Waals surface area contributed by atoms with Crippen molar-refractivity contribution in [3.05, 3.63) is 66.0 Å². The lowest BCUT2D eigenvalue weighted by Crippen LogP contribution is -2.49. The number of carbonyl (C=O) groups is 2. The van der Waals surface area contributed by atoms with E-state index in [0.29, 0.717) is 17.2 Å². The van der Waals surface area contributed by atoms with Crippen LogP contribution in [-0.2, 0) is 4.79 Å². The second kappa shape index (κ2) is 8.99. The second-order valence-electron chi connectivity index (χ2n) is 7.69. The van der Waals surface area contributed by atoms with Crippen molar-refractivity contribution in [1.82, 2.24) is 4.90 Å². The standard InChI is InChI=1S/C23H25FN2O2S/c24-18-13-7-8-14-19(18)25-21(27)20-15-29-23(17-11-5-2-6-12-17)26(20)22(28)16-9-3-1-4-10-16/h1,3-4,7-10,13-14,17,20,23H,2,5-6,11-12,15H2,(H,25,27)/t20-,23+/m0/s1. The summed E-state index contributed by atoms with van der Waals surface area (Å²) in [5, 5.41) is 2.68. The van der Waals surface area contributed by atoms with Crippen molar-refractivity contribution < 1.29 is 14.0 Å². The molecule has 2 atom stereocenters. The molecular weight excluding hydrogens is 387 g/mol. The van der Waals surface area contributed by atoms with Gasteiger partial charge in [-0.3, -0.25) is 9.59 Å². The summed E-state index contributed by atoms with van der Waals surface area (Å²) in [6.07, 6.45) is 5.73. The number of nitrogens with one attached hydrogen (secondary N) is 1. The first kappa shape index (κ1) is 20.0. The van der Waals surface area contributed by atoms with Gasteiger partial charge in [0.15, 0.2) is 0 Å². The van der Waals surface area contributed by atoms with Gasteiger partial charge in [-0.1, -0.05) is 49.6 Å². The molecule has 6 heteroatoms. The van der Waals surface area contributed by atoms with E-state index in [2.05, 4.69) is 5.32 Å². The molecule has 2 fully saturated rings. The molecule has 1 heterocycles. The molecule has 1 aliphatic carbocycles. The van der Waals surface area contributed by atoms with E-state index >= 15 is 0 Å². The molecule has 2 aromatic rings. The Balaban J connectivity index is 1.60. The van der Waals surface area contributed by atoms with E-state index < -0.39 is 11.9 Å². The normalized spacial score (nSPS) is 22.4. The Hall–Kier alpha value is -2.34. The topological polar surface area (TPSA) is 49.4 Å². The number of nitrogens with zero attached hydrogens (tertiary/aromatic N) is 1. The van der Waals surface area contributed by atoms with Crippen LogP contribution < -0.4 is 5.32 Å². The maximum atomic E-state index is 14.0. The van der Waals surface area contributed by atoms with E-state index in [1.54, 1.807) is 40.9 Å². The summed E-state index contributed by atoms with van der Waals surface area (Å²) in [7, 11) is 0. The van der Waals surface area contributed by atoms with Gasteiger partial charge in [-0.25, -0.2) is 4.39 Å². The summed E-state index contributed by atoms with van der Waals surface area (Å²) in [4.78, 5) is 28.2. The number of para-hydroxylation sites is 1. The van der Waals surface area contributed by atoms with Gasteiger partial charge in [-0.05, 0) is 43.0 Å². The Morgan fingerprint density at radius 3 is 2.38 bits per heavy atom. The average Bonchev–Trinajstić information content (AvgIpc) is 3.21. The number of benzene rings is 2. The summed E-state index contributed by atoms with van der Waals surface area (Å²) in [6, 6.07) is 14.6. The summed E-state index contributed by atoms with van der Waals surface area (Å²) < 4.78 is 14.0. The first-order chi connectivity index (χ1) is 14.1. The molecule has 0 aromatic heterocycles. The zero-order valence-corrected chi connectivity index (χ0v) is 17.0. The van der Waals surface area contributed by atoms with Crippen molar-refractivity contribution in [3.63, 3.8) is 0 Å². The first-order valence-corrected chi connectivity index (χ1v) is 11.2. The maximum absolute atomic E-state index is 14.0. The van der Waals surface area contributed by atoms with Crippen molar-refractivity contribution in [3.8, 4) is 0 Å². The minimum Gasteiger partial charge on any atom is -0.322 e. The molecule has 1 aliphatic heterocycles. The van der Waals surface area contributed by atoms with E-state index in [4.69, 9.17) is 0 Å². The predicted octanol–water partition coefficient (Wildman–Crippen LogP) is 4.93. The van der Waals surface area contributed by atoms with Gasteiger partial charge in [0.05, 0.1) is 11.1 Å². The fourth-order valence-electron chi connectivity index (χ4n) is 4.28. The lowest BCUT2D eigenvalue weighted by molar-refractivity contribution is -0.120. The molecule has 1 saturated carbocycles. The average molecular weight is 413 g/mol. The summed E-state index contributed by atoms with van der Waals surface area (Å²) in [5.74, 6) is -0.00554. The molecule has 4 rings (SSSR count). The van der Waals surface area contributed by atoms with Crippen LogP contribution in [0.3, 0.4) is 0 Å². The Morgan fingerprint density at radius 1 is 0.966 bits per heavy atom. The number of rotatable bonds is 4. The van der Waals surface area contributed by atoms with E-state index in [-0.39, 0.29) is 22.9 Å². The number of carbonyl (C=O) groups excluding carboxylic acids is 2. The molecule has 0 unspecified atom stereocenters. The van der Waals surface area contributed by atoms with Gasteiger partial charge in [0, 0.05) is 11.3 Å². The number of hydrogen-bond acceptors (Lipinski definition) is 3. The fraction of sp³-hybridized carbons (Fsp3) is 0.391. The lowest BCUT2D eigenvalue weighted by Gasteiger charge is -2.35. The van der Waals surface area contributed by atoms with Crippen LogP contribution in [0.4, 0.5) is 10.1 Å². The Morgan fingerprint density at radius 2 is 1.66 bits per heavy atom. The minimum absolute atomic E-state index is 0.0145. The number of amides is 2. The van der Waals surface area contributed by atoms with Crippen LogP contribution in [-0.4, -0.2) is 33.9 Å². The molecule has 4 nitrogen and oxygen atoms in total. The van der Waals surface area contributed by atoms with Crippen LogP contribution in [0.15, 0.2) is 54.6 Å². The van der Waals surface area contributed by atoms with Gasteiger partial charge < -0.3 is 10.2 Å². The van der Waals surface area contributed by atoms with Gasteiger partial charge in [0.25, 0.3) is 5.91 Å². The SMILES string of the molecule is O=C(Nc1ccccc1F)[C@@H]1CS[C@H](C2CCCCC2)N1C(=O)c1ccccc1. The zero-order valence-electron chi connectivity index (χ0n) is 16.2. The Kier molecular flexibility index (Phi) is 6.19. The van der Waals surface area contributed by atoms with Crippen LogP contribution in [0, 0.1) is 11.7 Å². The molecule has 1 saturated heterocycles. The Labute approximate surface area is 174 Å². The van der Waals surface area contributed by atoms with Crippen molar-refractivity contribution in [1.29, 1.82) is 0 Å². The van der Waals surface area contributed by atoms with Crippen LogP contribution >= 0.6 is 11.8 Å². The molecule has 2 aromatic carbocycles. The third-order valence-electron chi connectivity index (χ3n) is 5.78. The smallest absolute Gasteiger partial charge is 0.255 e. The van der Waals surface area contributed by atoms with Crippen molar-refractivity contribution in [2.24, 2.45) is 5.92 Å². The number of hydrogen-bond donors (Lipinski definition) is 1. The molecule has 2 aliphatic rings. The van der Waals surface area contributed by atoms with E-state index in [0.717, 1.165) is 12.8 Å². The molecule has 152 valence electrons. The quantitative estimate of drug-likeness (QED) is 0.775. The molecule has 2 amide bonds. The van der Waals surface area contributed by atoms with Gasteiger partial charge in [0.2, 0.25) is 5.91 Å². The predicted molar refractivity (Wildman–Crippen MR) is 114 cm³/mol. The van der Waals surface area contributed by atoms with Crippen LogP contribution in [0.2, 0.25) is 0 Å². The highest BCUT2D eigenvalue weighted by atomic mass is 32.2. The molecular formula is C23H25FN2O2S. The van der Waals surface area contributed by atoms with Crippen LogP contribution in [0.5, 0.6) is 0 Å². The summed E-state index contributed by atoms with van der Waals surface area (Å²) >= 11 is 1.68. The van der Waals surface area contributed by atoms with E-state index in [9.17, 15) is 14.0 Å². The second-order valence-corrected chi connectivity index (χ2v) is 8.83. The third-order valence-corrected chi connectivity index (χ3v) is 7.24. The van der Waals surface area contributed by atoms with Crippen molar-refractivity contribution >= 4 is 29.3 Å². The van der Waals surface area contributed by atoms with Crippen LogP contribution in [0.25, 0.3) is 0 Å². The zero-order chi connectivity index (χ0) is 20.2. The highest BCUT2D eigenvalue weighted by Crippen LogP contribution is 2.41. The number of anilines is 1. The molecule has 0 bridgehead atoms. The Bertz CT molecular complexity index is 870. The van der Waals surface area contributed by atoms with Crippen LogP contribution in [0.1, 0.15) is 42.5 Å². The summed E-state index contributed by atoms with van der Waals surface area (Å²) in [5.41, 5.74) is 0.732. The van der Waals surface area contributed by atoms with Crippen molar-refractivity contribution in [2.45, 2.75) is 43.5 Å². The number of thioether (sulfide) groups is 1. The highest BCUT2D eigenvalue weighted by molar-refractivity contribution is 8.00. The summed E-state index contributed by atoms with van der Waals surface area (Å²) in [6.45, 7) is 0. The third kappa shape index (κ3) is 4.32. The largest absolute Gasteiger partial charge is 0.322 e. The molecule has 0 spiro atoms. The van der Waals surface area contributed by atoms with Gasteiger partial charge >= 0.3 is 0 Å². The lowest BCUT2D eigenvalue weighted by atomic mass is 9.88. The highest BCUT2D eigenvalue weighted by Gasteiger charge is 2.45. The molecule has 0 radical (unpaired) electrons. The van der Waals surface area contributed by atoms with E-state index in [1.165, 1.54) is 31.4 Å². The molecule has 29 heavy (non-hydrogen) atoms. The molecule has 1 N–H and O–H groups in total. The van der Waals surface area contributed by atoms with E-state index in [1.807, 2.05) is 18.2 Å². The minimum atomic E-state index is -0.612. The van der Waals surface area contributed by atoms with Crippen molar-refractivity contribution in [2.75, 3.05) is 11.1 Å². The van der Waals surface area contributed by atoms with Gasteiger partial charge in [0.1, 0.15) is 11.9 Å². The first-order valence-electron chi connectivity index (χ1n) is 10.2. The van der Waals surface area contributed by atoms with Gasteiger partial charge in [-0.15, -0.1) is 11.8 Å². The van der Waals surface area contributed by atoms with Gasteiger partial charge in [-0.2, -0.15) is 0 Å². The monoisotopic (exact) mass is 412 g/mol. The fourth-order valence-corrected chi connectivity index (χ4v) is 5.92. The number of halogens is 1. The maximum Gasteiger partial charge on any atom is 0.255 e.